The number of anilines is 1. The van der Waals surface area contributed by atoms with Crippen LogP contribution in [-0.4, -0.2) is 27.8 Å². The summed E-state index contributed by atoms with van der Waals surface area (Å²) in [6.45, 7) is 4.68. The quantitative estimate of drug-likeness (QED) is 0.352. The van der Waals surface area contributed by atoms with Crippen molar-refractivity contribution >= 4 is 45.4 Å². The van der Waals surface area contributed by atoms with Gasteiger partial charge in [-0.3, -0.25) is 14.2 Å². The summed E-state index contributed by atoms with van der Waals surface area (Å²) >= 11 is 1.22. The Bertz CT molecular complexity index is 1280. The van der Waals surface area contributed by atoms with Crippen LogP contribution >= 0.6 is 11.8 Å². The number of hydrogen-bond acceptors (Lipinski definition) is 6. The van der Waals surface area contributed by atoms with Crippen molar-refractivity contribution in [3.63, 3.8) is 0 Å². The van der Waals surface area contributed by atoms with Crippen LogP contribution in [0.15, 0.2) is 62.9 Å². The largest absolute Gasteiger partial charge is 0.492 e. The predicted molar refractivity (Wildman–Crippen MR) is 118 cm³/mol. The molecular formula is C22H21N3O4S. The summed E-state index contributed by atoms with van der Waals surface area (Å²) in [6.07, 6.45) is 0. The normalized spacial score (nSPS) is 11.1. The van der Waals surface area contributed by atoms with Crippen LogP contribution in [0.5, 0.6) is 5.75 Å². The average molecular weight is 423 g/mol. The summed E-state index contributed by atoms with van der Waals surface area (Å²) in [6, 6.07) is 14.7. The maximum atomic E-state index is 12.9. The first kappa shape index (κ1) is 20.0. The molecule has 0 aliphatic rings. The van der Waals surface area contributed by atoms with Gasteiger partial charge in [-0.15, -0.1) is 0 Å². The second-order valence-corrected chi connectivity index (χ2v) is 7.43. The van der Waals surface area contributed by atoms with Crippen molar-refractivity contribution in [3.8, 4) is 5.75 Å². The van der Waals surface area contributed by atoms with E-state index in [4.69, 9.17) is 9.15 Å². The van der Waals surface area contributed by atoms with Gasteiger partial charge in [0.05, 0.1) is 18.0 Å². The van der Waals surface area contributed by atoms with Gasteiger partial charge in [-0.2, -0.15) is 0 Å². The smallest absolute Gasteiger partial charge is 0.297 e. The first-order valence-corrected chi connectivity index (χ1v) is 10.7. The summed E-state index contributed by atoms with van der Waals surface area (Å²) in [5, 5.41) is 4.12. The molecule has 1 N–H and O–H groups in total. The number of benzene rings is 2. The van der Waals surface area contributed by atoms with E-state index in [0.717, 1.165) is 5.39 Å². The fourth-order valence-corrected chi connectivity index (χ4v) is 4.07. The summed E-state index contributed by atoms with van der Waals surface area (Å²) < 4.78 is 12.8. The highest BCUT2D eigenvalue weighted by Gasteiger charge is 2.18. The Morgan fingerprint density at radius 2 is 1.93 bits per heavy atom. The van der Waals surface area contributed by atoms with Gasteiger partial charge in [0, 0.05) is 11.9 Å². The minimum absolute atomic E-state index is 0.105. The molecule has 2 aromatic heterocycles. The topological polar surface area (TPSA) is 86.4 Å². The number of amides is 1. The Kier molecular flexibility index (Phi) is 5.76. The minimum atomic E-state index is -0.247. The van der Waals surface area contributed by atoms with Gasteiger partial charge in [-0.1, -0.05) is 36.0 Å². The molecule has 154 valence electrons. The number of thioether (sulfide) groups is 1. The van der Waals surface area contributed by atoms with Gasteiger partial charge < -0.3 is 14.5 Å². The molecule has 0 saturated carbocycles. The van der Waals surface area contributed by atoms with Crippen molar-refractivity contribution < 1.29 is 13.9 Å². The van der Waals surface area contributed by atoms with Gasteiger partial charge in [-0.05, 0) is 38.1 Å². The molecule has 30 heavy (non-hydrogen) atoms. The number of fused-ring (bicyclic) bond motifs is 3. The van der Waals surface area contributed by atoms with E-state index in [1.165, 1.54) is 16.3 Å². The second kappa shape index (κ2) is 8.62. The van der Waals surface area contributed by atoms with E-state index in [2.05, 4.69) is 10.3 Å². The first-order valence-electron chi connectivity index (χ1n) is 9.69. The van der Waals surface area contributed by atoms with Crippen LogP contribution in [0.4, 0.5) is 5.69 Å². The Morgan fingerprint density at radius 3 is 2.73 bits per heavy atom. The number of carbonyl (C=O) groups is 1. The van der Waals surface area contributed by atoms with Crippen molar-refractivity contribution in [1.82, 2.24) is 9.55 Å². The number of nitrogens with zero attached hydrogens (tertiary/aromatic N) is 2. The van der Waals surface area contributed by atoms with Gasteiger partial charge in [0.2, 0.25) is 11.5 Å². The molecule has 0 aliphatic heterocycles. The minimum Gasteiger partial charge on any atom is -0.492 e. The van der Waals surface area contributed by atoms with Crippen molar-refractivity contribution in [2.45, 2.75) is 25.5 Å². The number of carbonyl (C=O) groups excluding carboxylic acids is 1. The Labute approximate surface area is 177 Å². The molecule has 7 nitrogen and oxygen atoms in total. The van der Waals surface area contributed by atoms with Crippen LogP contribution < -0.4 is 15.6 Å². The molecule has 8 heteroatoms. The molecule has 0 saturated heterocycles. The molecule has 4 aromatic rings. The van der Waals surface area contributed by atoms with Gasteiger partial charge in [0.25, 0.3) is 5.56 Å². The van der Waals surface area contributed by atoms with Gasteiger partial charge in [-0.25, -0.2) is 4.98 Å². The van der Waals surface area contributed by atoms with Crippen LogP contribution in [0, 0.1) is 0 Å². The van der Waals surface area contributed by atoms with Crippen molar-refractivity contribution in [2.24, 2.45) is 0 Å². The molecule has 0 spiro atoms. The fraction of sp³-hybridized carbons (Fsp3) is 0.227. The standard InChI is InChI=1S/C22H21N3O4S/c1-3-25-21(27)20-19(14-9-5-7-11-16(14)29-20)24-22(25)30-13-18(26)23-15-10-6-8-12-17(15)28-4-2/h5-12H,3-4,13H2,1-2H3,(H,23,26). The third-order valence-corrected chi connectivity index (χ3v) is 5.53. The highest BCUT2D eigenvalue weighted by atomic mass is 32.2. The Morgan fingerprint density at radius 1 is 1.17 bits per heavy atom. The second-order valence-electron chi connectivity index (χ2n) is 6.49. The fourth-order valence-electron chi connectivity index (χ4n) is 3.21. The monoisotopic (exact) mass is 423 g/mol. The van der Waals surface area contributed by atoms with Crippen molar-refractivity contribution in [3.05, 3.63) is 58.9 Å². The van der Waals surface area contributed by atoms with E-state index in [9.17, 15) is 9.59 Å². The van der Waals surface area contributed by atoms with E-state index in [1.807, 2.05) is 50.2 Å². The predicted octanol–water partition coefficient (Wildman–Crippen LogP) is 4.29. The number of hydrogen-bond donors (Lipinski definition) is 1. The third-order valence-electron chi connectivity index (χ3n) is 4.56. The molecule has 0 atom stereocenters. The first-order chi connectivity index (χ1) is 14.6. The number of ether oxygens (including phenoxy) is 1. The summed E-state index contributed by atoms with van der Waals surface area (Å²) in [5.41, 5.74) is 1.74. The lowest BCUT2D eigenvalue weighted by Crippen LogP contribution is -2.23. The van der Waals surface area contributed by atoms with Crippen molar-refractivity contribution in [1.29, 1.82) is 0 Å². The maximum Gasteiger partial charge on any atom is 0.297 e. The van der Waals surface area contributed by atoms with Crippen LogP contribution in [0.3, 0.4) is 0 Å². The summed E-state index contributed by atoms with van der Waals surface area (Å²) in [5.74, 6) is 0.517. The zero-order valence-corrected chi connectivity index (χ0v) is 17.5. The SMILES string of the molecule is CCOc1ccccc1NC(=O)CSc1nc2c(oc3ccccc32)c(=O)n1CC. The van der Waals surface area contributed by atoms with E-state index in [0.29, 0.717) is 40.8 Å². The molecule has 0 aliphatic carbocycles. The molecule has 0 radical (unpaired) electrons. The molecule has 2 heterocycles. The van der Waals surface area contributed by atoms with Crippen LogP contribution in [0.25, 0.3) is 22.1 Å². The van der Waals surface area contributed by atoms with Gasteiger partial charge in [0.15, 0.2) is 5.16 Å². The van der Waals surface area contributed by atoms with Crippen LogP contribution in [-0.2, 0) is 11.3 Å². The number of nitrogens with one attached hydrogen (secondary N) is 1. The van der Waals surface area contributed by atoms with Crippen molar-refractivity contribution in [2.75, 3.05) is 17.7 Å². The number of rotatable bonds is 7. The lowest BCUT2D eigenvalue weighted by atomic mass is 10.2. The van der Waals surface area contributed by atoms with Gasteiger partial charge in [0.1, 0.15) is 16.8 Å². The summed E-state index contributed by atoms with van der Waals surface area (Å²) in [7, 11) is 0. The Hall–Kier alpha value is -3.26. The maximum absolute atomic E-state index is 12.9. The van der Waals surface area contributed by atoms with E-state index in [-0.39, 0.29) is 22.8 Å². The Balaban J connectivity index is 1.60. The molecule has 0 bridgehead atoms. The molecule has 1 amide bonds. The van der Waals surface area contributed by atoms with Gasteiger partial charge >= 0.3 is 0 Å². The van der Waals surface area contributed by atoms with Crippen LogP contribution in [0.2, 0.25) is 0 Å². The van der Waals surface area contributed by atoms with E-state index in [1.54, 1.807) is 12.1 Å². The third kappa shape index (κ3) is 3.78. The lowest BCUT2D eigenvalue weighted by molar-refractivity contribution is -0.113. The van der Waals surface area contributed by atoms with E-state index >= 15 is 0 Å². The zero-order valence-electron chi connectivity index (χ0n) is 16.7. The highest BCUT2D eigenvalue weighted by Crippen LogP contribution is 2.28. The van der Waals surface area contributed by atoms with Crippen LogP contribution in [0.1, 0.15) is 13.8 Å². The summed E-state index contributed by atoms with van der Waals surface area (Å²) in [4.78, 5) is 30.1. The number of aromatic nitrogens is 2. The lowest BCUT2D eigenvalue weighted by Gasteiger charge is -2.12. The molecule has 0 fully saturated rings. The number of furan rings is 1. The number of para-hydroxylation sites is 3. The average Bonchev–Trinajstić information content (AvgIpc) is 3.13. The molecular weight excluding hydrogens is 402 g/mol. The molecule has 4 rings (SSSR count). The molecule has 2 aromatic carbocycles. The molecule has 0 unspecified atom stereocenters. The van der Waals surface area contributed by atoms with E-state index < -0.39 is 0 Å². The highest BCUT2D eigenvalue weighted by molar-refractivity contribution is 7.99. The zero-order chi connectivity index (χ0) is 21.1.